The van der Waals surface area contributed by atoms with Crippen molar-refractivity contribution >= 4 is 42.8 Å². The number of hydrogen-bond donors (Lipinski definition) is 0. The second kappa shape index (κ2) is 17.9. The van der Waals surface area contributed by atoms with Crippen molar-refractivity contribution in [2.75, 3.05) is 0 Å². The number of imidazole rings is 2. The van der Waals surface area contributed by atoms with Crippen molar-refractivity contribution in [3.05, 3.63) is 155 Å². The fraction of sp³-hybridized carbons (Fsp3) is 0.118. The Morgan fingerprint density at radius 1 is 0.551 bits per heavy atom. The van der Waals surface area contributed by atoms with Crippen LogP contribution < -0.4 is 0 Å². The maximum atomic E-state index is 12.8. The van der Waals surface area contributed by atoms with Gasteiger partial charge in [-0.3, -0.25) is 0 Å². The van der Waals surface area contributed by atoms with Gasteiger partial charge in [0.05, 0.1) is 33.8 Å². The predicted octanol–water partition coefficient (Wildman–Crippen LogP) is 8.34. The SMILES string of the molecule is Cc1ccc(S(=O)(=O)[N-]c2ccccc2N=Nc2ccccc2[N-]S(=O)(=O)c2ccc(C)cc2)cc1.Cn1ccnc1.Cn1ccnc1.[Co+2]. The van der Waals surface area contributed by atoms with Gasteiger partial charge in [0, 0.05) is 38.9 Å². The molecule has 4 aromatic carbocycles. The van der Waals surface area contributed by atoms with Crippen molar-refractivity contribution in [3.63, 3.8) is 0 Å². The Morgan fingerprint density at radius 3 is 1.18 bits per heavy atom. The summed E-state index contributed by atoms with van der Waals surface area (Å²) in [5.74, 6) is 0. The van der Waals surface area contributed by atoms with Gasteiger partial charge in [-0.05, 0) is 50.2 Å². The van der Waals surface area contributed by atoms with Gasteiger partial charge in [-0.1, -0.05) is 83.2 Å². The molecule has 2 heterocycles. The standard InChI is InChI=1S/C26H22N4O4S2.2C4H6N2.Co/c1-19-11-15-21(16-12-19)35(31,32)29-25-9-5-3-7-23(25)27-28-24-8-4-6-10-26(24)30-36(33,34)22-17-13-20(2)14-18-22;2*1-6-3-2-5-4-6;/h3-18H,1-2H3;2*2-4H,1H3;/q-2;;;+2. The number of rotatable bonds is 8. The zero-order valence-corrected chi connectivity index (χ0v) is 29.7. The van der Waals surface area contributed by atoms with Crippen LogP contribution in [0.1, 0.15) is 11.1 Å². The van der Waals surface area contributed by atoms with Crippen LogP contribution in [0.25, 0.3) is 9.44 Å². The monoisotopic (exact) mass is 741 g/mol. The van der Waals surface area contributed by atoms with Gasteiger partial charge < -0.3 is 18.6 Å². The number of benzene rings is 4. The molecule has 0 aliphatic carbocycles. The Bertz CT molecular complexity index is 1980. The van der Waals surface area contributed by atoms with E-state index in [0.29, 0.717) is 0 Å². The summed E-state index contributed by atoms with van der Waals surface area (Å²) >= 11 is 0. The van der Waals surface area contributed by atoms with Crippen LogP contribution in [0, 0.1) is 13.8 Å². The van der Waals surface area contributed by atoms with Gasteiger partial charge in [0.2, 0.25) is 0 Å². The van der Waals surface area contributed by atoms with Crippen molar-refractivity contribution in [3.8, 4) is 0 Å². The minimum Gasteiger partial charge on any atom is -0.571 e. The molecule has 49 heavy (non-hydrogen) atoms. The van der Waals surface area contributed by atoms with Gasteiger partial charge >= 0.3 is 16.8 Å². The fourth-order valence-corrected chi connectivity index (χ4v) is 5.79. The van der Waals surface area contributed by atoms with Crippen molar-refractivity contribution < 1.29 is 33.6 Å². The molecule has 0 saturated carbocycles. The Morgan fingerprint density at radius 2 is 0.898 bits per heavy atom. The molecule has 2 aromatic heterocycles. The van der Waals surface area contributed by atoms with E-state index < -0.39 is 20.0 Å². The number of aryl methyl sites for hydroxylation is 4. The van der Waals surface area contributed by atoms with E-state index in [1.165, 1.54) is 36.4 Å². The number of nitrogens with zero attached hydrogens (tertiary/aromatic N) is 8. The second-order valence-corrected chi connectivity index (χ2v) is 13.6. The quantitative estimate of drug-likeness (QED) is 0.143. The van der Waals surface area contributed by atoms with Gasteiger partial charge in [-0.2, -0.15) is 10.2 Å². The summed E-state index contributed by atoms with van der Waals surface area (Å²) < 4.78 is 62.8. The van der Waals surface area contributed by atoms with Crippen LogP contribution in [0.15, 0.2) is 155 Å². The van der Waals surface area contributed by atoms with Crippen LogP contribution in [-0.4, -0.2) is 35.9 Å². The molecule has 0 N–H and O–H groups in total. The van der Waals surface area contributed by atoms with E-state index in [1.54, 1.807) is 85.7 Å². The molecule has 0 spiro atoms. The molecule has 255 valence electrons. The van der Waals surface area contributed by atoms with Gasteiger partial charge in [0.25, 0.3) is 0 Å². The minimum atomic E-state index is -3.98. The minimum absolute atomic E-state index is 0. The third-order valence-corrected chi connectivity index (χ3v) is 8.99. The van der Waals surface area contributed by atoms with E-state index in [-0.39, 0.29) is 49.3 Å². The first-order valence-corrected chi connectivity index (χ1v) is 17.3. The first-order chi connectivity index (χ1) is 22.9. The summed E-state index contributed by atoms with van der Waals surface area (Å²) in [6.07, 6.45) is 10.8. The van der Waals surface area contributed by atoms with Crippen LogP contribution in [0.3, 0.4) is 0 Å². The number of sulfonamides is 2. The average Bonchev–Trinajstić information content (AvgIpc) is 3.75. The molecule has 0 atom stereocenters. The zero-order valence-electron chi connectivity index (χ0n) is 27.1. The maximum absolute atomic E-state index is 12.8. The predicted molar refractivity (Wildman–Crippen MR) is 186 cm³/mol. The average molecular weight is 742 g/mol. The van der Waals surface area contributed by atoms with Crippen LogP contribution in [-0.2, 0) is 50.9 Å². The molecule has 0 aliphatic heterocycles. The number of hydrogen-bond acceptors (Lipinski definition) is 8. The summed E-state index contributed by atoms with van der Waals surface area (Å²) in [6, 6.07) is 25.5. The third-order valence-electron chi connectivity index (χ3n) is 6.38. The van der Waals surface area contributed by atoms with Crippen molar-refractivity contribution in [1.82, 2.24) is 19.1 Å². The molecule has 0 unspecified atom stereocenters. The Balaban J connectivity index is 0.000000418. The summed E-state index contributed by atoms with van der Waals surface area (Å²) in [6.45, 7) is 3.72. The van der Waals surface area contributed by atoms with Gasteiger partial charge in [0.1, 0.15) is 20.0 Å². The smallest absolute Gasteiger partial charge is 0.571 e. The normalized spacial score (nSPS) is 10.9. The zero-order chi connectivity index (χ0) is 34.6. The van der Waals surface area contributed by atoms with E-state index in [9.17, 15) is 16.8 Å². The van der Waals surface area contributed by atoms with E-state index in [0.717, 1.165) is 11.1 Å². The van der Waals surface area contributed by atoms with Gasteiger partial charge in [-0.15, -0.1) is 0 Å². The molecular weight excluding hydrogens is 707 g/mol. The van der Waals surface area contributed by atoms with Gasteiger partial charge in [-0.25, -0.2) is 26.8 Å². The molecule has 15 heteroatoms. The molecule has 0 saturated heterocycles. The second-order valence-electron chi connectivity index (χ2n) is 10.4. The van der Waals surface area contributed by atoms with Crippen molar-refractivity contribution in [2.24, 2.45) is 24.3 Å². The first kappa shape index (κ1) is 38.4. The summed E-state index contributed by atoms with van der Waals surface area (Å²) in [5, 5.41) is 8.31. The molecule has 0 amide bonds. The molecule has 0 aliphatic rings. The van der Waals surface area contributed by atoms with E-state index in [1.807, 2.05) is 49.5 Å². The Labute approximate surface area is 297 Å². The Kier molecular flexibility index (Phi) is 14.0. The summed E-state index contributed by atoms with van der Waals surface area (Å²) in [7, 11) is -4.08. The summed E-state index contributed by atoms with van der Waals surface area (Å²) in [4.78, 5) is 7.69. The largest absolute Gasteiger partial charge is 2.00 e. The molecule has 0 fully saturated rings. The molecule has 12 nitrogen and oxygen atoms in total. The summed E-state index contributed by atoms with van der Waals surface area (Å²) in [5.41, 5.74) is 2.45. The van der Waals surface area contributed by atoms with Crippen LogP contribution in [0.5, 0.6) is 0 Å². The van der Waals surface area contributed by atoms with Crippen LogP contribution in [0.2, 0.25) is 0 Å². The fourth-order valence-electron chi connectivity index (χ4n) is 3.80. The van der Waals surface area contributed by atoms with E-state index in [2.05, 4.69) is 29.6 Å². The molecule has 0 bridgehead atoms. The van der Waals surface area contributed by atoms with E-state index in [4.69, 9.17) is 0 Å². The number of azo groups is 1. The topological polar surface area (TPSA) is 157 Å². The Hall–Kier alpha value is -5.09. The van der Waals surface area contributed by atoms with Crippen LogP contribution >= 0.6 is 0 Å². The third kappa shape index (κ3) is 11.8. The molecule has 1 radical (unpaired) electrons. The maximum Gasteiger partial charge on any atom is 2.00 e. The van der Waals surface area contributed by atoms with E-state index >= 15 is 0 Å². The van der Waals surface area contributed by atoms with Crippen LogP contribution in [0.4, 0.5) is 22.7 Å². The number of aromatic nitrogens is 4. The molecule has 6 aromatic rings. The van der Waals surface area contributed by atoms with Gasteiger partial charge in [0.15, 0.2) is 0 Å². The van der Waals surface area contributed by atoms with Crippen molar-refractivity contribution in [1.29, 1.82) is 0 Å². The molecular formula is C34H34CoN8O4S2. The van der Waals surface area contributed by atoms with Crippen molar-refractivity contribution in [2.45, 2.75) is 23.6 Å². The first-order valence-electron chi connectivity index (χ1n) is 14.5. The molecule has 6 rings (SSSR count).